The molecule has 0 atom stereocenters. The van der Waals surface area contributed by atoms with E-state index < -0.39 is 10.1 Å². The summed E-state index contributed by atoms with van der Waals surface area (Å²) in [6.45, 7) is 1.90. The number of aryl methyl sites for hydroxylation is 1. The number of pyridine rings is 1. The lowest BCUT2D eigenvalue weighted by molar-refractivity contribution is 0.488. The number of nitrogens with zero attached hydrogens (tertiary/aromatic N) is 1. The molecule has 0 amide bonds. The fraction of sp³-hybridized carbons (Fsp3) is 0.0625. The third-order valence-electron chi connectivity index (χ3n) is 3.11. The van der Waals surface area contributed by atoms with E-state index >= 15 is 0 Å². The highest BCUT2D eigenvalue weighted by atomic mass is 32.2. The van der Waals surface area contributed by atoms with E-state index in [4.69, 9.17) is 4.18 Å². The summed E-state index contributed by atoms with van der Waals surface area (Å²) < 4.78 is 29.9. The minimum atomic E-state index is -3.85. The van der Waals surface area contributed by atoms with Crippen molar-refractivity contribution in [2.24, 2.45) is 0 Å². The summed E-state index contributed by atoms with van der Waals surface area (Å²) in [4.78, 5) is 4.31. The van der Waals surface area contributed by atoms with Gasteiger partial charge in [-0.25, -0.2) is 0 Å². The predicted molar refractivity (Wildman–Crippen MR) is 80.7 cm³/mol. The third kappa shape index (κ3) is 2.73. The van der Waals surface area contributed by atoms with Crippen LogP contribution < -0.4 is 4.18 Å². The van der Waals surface area contributed by atoms with Crippen molar-refractivity contribution in [2.75, 3.05) is 0 Å². The summed E-state index contributed by atoms with van der Waals surface area (Å²) in [5, 5.41) is 0.663. The van der Waals surface area contributed by atoms with Gasteiger partial charge in [0, 0.05) is 11.6 Å². The van der Waals surface area contributed by atoms with E-state index in [1.807, 2.05) is 6.92 Å². The number of hydrogen-bond acceptors (Lipinski definition) is 4. The Morgan fingerprint density at radius 1 is 0.952 bits per heavy atom. The van der Waals surface area contributed by atoms with Crippen LogP contribution in [-0.2, 0) is 10.1 Å². The van der Waals surface area contributed by atoms with Crippen molar-refractivity contribution in [1.82, 2.24) is 4.98 Å². The van der Waals surface area contributed by atoms with Crippen LogP contribution in [0.3, 0.4) is 0 Å². The molecule has 3 rings (SSSR count). The molecule has 0 spiro atoms. The quantitative estimate of drug-likeness (QED) is 0.696. The van der Waals surface area contributed by atoms with Crippen LogP contribution in [0.5, 0.6) is 5.75 Å². The number of hydrogen-bond donors (Lipinski definition) is 0. The van der Waals surface area contributed by atoms with Crippen LogP contribution in [0.1, 0.15) is 5.56 Å². The highest BCUT2D eigenvalue weighted by molar-refractivity contribution is 7.87. The number of rotatable bonds is 3. The lowest BCUT2D eigenvalue weighted by atomic mass is 10.2. The molecular formula is C16H13NO3S. The van der Waals surface area contributed by atoms with E-state index in [-0.39, 0.29) is 10.6 Å². The Hall–Kier alpha value is -2.40. The van der Waals surface area contributed by atoms with Crippen molar-refractivity contribution in [3.8, 4) is 5.75 Å². The standard InChI is InChI=1S/C16H13NO3S/c1-12-7-9-13(10-8-12)21(18,19)20-16-6-2-5-15-14(16)4-3-11-17-15/h2-11H,1H3. The molecule has 0 aliphatic carbocycles. The Morgan fingerprint density at radius 3 is 2.48 bits per heavy atom. The highest BCUT2D eigenvalue weighted by Crippen LogP contribution is 2.27. The molecule has 5 heteroatoms. The molecule has 21 heavy (non-hydrogen) atoms. The Labute approximate surface area is 123 Å². The van der Waals surface area contributed by atoms with E-state index in [1.54, 1.807) is 48.7 Å². The van der Waals surface area contributed by atoms with Crippen LogP contribution in [0.4, 0.5) is 0 Å². The van der Waals surface area contributed by atoms with E-state index in [2.05, 4.69) is 4.98 Å². The number of benzene rings is 2. The molecule has 0 aliphatic rings. The van der Waals surface area contributed by atoms with Crippen LogP contribution >= 0.6 is 0 Å². The minimum Gasteiger partial charge on any atom is -0.378 e. The van der Waals surface area contributed by atoms with Crippen LogP contribution in [-0.4, -0.2) is 13.4 Å². The van der Waals surface area contributed by atoms with Crippen LogP contribution in [0.25, 0.3) is 10.9 Å². The van der Waals surface area contributed by atoms with Gasteiger partial charge >= 0.3 is 10.1 Å². The molecule has 106 valence electrons. The molecule has 0 aliphatic heterocycles. The minimum absolute atomic E-state index is 0.133. The molecule has 0 N–H and O–H groups in total. The Kier molecular flexibility index (Phi) is 3.35. The first-order valence-electron chi connectivity index (χ1n) is 6.41. The average Bonchev–Trinajstić information content (AvgIpc) is 2.48. The van der Waals surface area contributed by atoms with Gasteiger partial charge in [-0.2, -0.15) is 8.42 Å². The zero-order valence-corrected chi connectivity index (χ0v) is 12.2. The van der Waals surface area contributed by atoms with Crippen molar-refractivity contribution in [1.29, 1.82) is 0 Å². The van der Waals surface area contributed by atoms with Gasteiger partial charge in [-0.05, 0) is 43.3 Å². The van der Waals surface area contributed by atoms with Crippen molar-refractivity contribution >= 4 is 21.0 Å². The molecule has 0 fully saturated rings. The molecule has 4 nitrogen and oxygen atoms in total. The Bertz CT molecular complexity index is 882. The molecule has 2 aromatic carbocycles. The van der Waals surface area contributed by atoms with Gasteiger partial charge in [0.25, 0.3) is 0 Å². The SMILES string of the molecule is Cc1ccc(S(=O)(=O)Oc2cccc3ncccc23)cc1. The first-order chi connectivity index (χ1) is 10.1. The summed E-state index contributed by atoms with van der Waals surface area (Å²) in [5.41, 5.74) is 1.68. The maximum absolute atomic E-state index is 12.3. The van der Waals surface area contributed by atoms with Crippen LogP contribution in [0.2, 0.25) is 0 Å². The largest absolute Gasteiger partial charge is 0.378 e. The van der Waals surface area contributed by atoms with Gasteiger partial charge in [0.1, 0.15) is 4.90 Å². The van der Waals surface area contributed by atoms with Crippen molar-refractivity contribution < 1.29 is 12.6 Å². The zero-order valence-electron chi connectivity index (χ0n) is 11.4. The molecule has 0 radical (unpaired) electrons. The monoisotopic (exact) mass is 299 g/mol. The van der Waals surface area contributed by atoms with Crippen molar-refractivity contribution in [3.05, 3.63) is 66.4 Å². The van der Waals surface area contributed by atoms with Gasteiger partial charge in [-0.15, -0.1) is 0 Å². The fourth-order valence-corrected chi connectivity index (χ4v) is 2.97. The van der Waals surface area contributed by atoms with Gasteiger partial charge < -0.3 is 4.18 Å². The second kappa shape index (κ2) is 5.18. The predicted octanol–water partition coefficient (Wildman–Crippen LogP) is 3.31. The normalized spacial score (nSPS) is 11.5. The van der Waals surface area contributed by atoms with Crippen molar-refractivity contribution in [2.45, 2.75) is 11.8 Å². The molecule has 3 aromatic rings. The van der Waals surface area contributed by atoms with Crippen LogP contribution in [0.15, 0.2) is 65.7 Å². The molecule has 1 heterocycles. The van der Waals surface area contributed by atoms with Gasteiger partial charge in [0.05, 0.1) is 5.52 Å². The zero-order chi connectivity index (χ0) is 14.9. The van der Waals surface area contributed by atoms with Gasteiger partial charge in [0.2, 0.25) is 0 Å². The number of fused-ring (bicyclic) bond motifs is 1. The molecule has 0 saturated heterocycles. The Morgan fingerprint density at radius 2 is 1.71 bits per heavy atom. The van der Waals surface area contributed by atoms with Crippen LogP contribution in [0, 0.1) is 6.92 Å². The van der Waals surface area contributed by atoms with E-state index in [1.165, 1.54) is 12.1 Å². The Balaban J connectivity index is 2.03. The van der Waals surface area contributed by atoms with E-state index in [0.717, 1.165) is 5.56 Å². The molecule has 0 saturated carbocycles. The highest BCUT2D eigenvalue weighted by Gasteiger charge is 2.17. The van der Waals surface area contributed by atoms with E-state index in [0.29, 0.717) is 10.9 Å². The van der Waals surface area contributed by atoms with Gasteiger partial charge in [-0.3, -0.25) is 4.98 Å². The molecule has 0 bridgehead atoms. The van der Waals surface area contributed by atoms with Gasteiger partial charge in [0.15, 0.2) is 5.75 Å². The summed E-state index contributed by atoms with van der Waals surface area (Å²) in [6, 6.07) is 15.2. The maximum Gasteiger partial charge on any atom is 0.339 e. The van der Waals surface area contributed by atoms with Gasteiger partial charge in [-0.1, -0.05) is 23.8 Å². The topological polar surface area (TPSA) is 56.3 Å². The molecular weight excluding hydrogens is 286 g/mol. The average molecular weight is 299 g/mol. The molecule has 1 aromatic heterocycles. The summed E-state index contributed by atoms with van der Waals surface area (Å²) in [5.74, 6) is 0.279. The summed E-state index contributed by atoms with van der Waals surface area (Å²) in [6.07, 6.45) is 1.65. The second-order valence-corrected chi connectivity index (χ2v) is 6.22. The van der Waals surface area contributed by atoms with Crippen molar-refractivity contribution in [3.63, 3.8) is 0 Å². The second-order valence-electron chi connectivity index (χ2n) is 4.68. The first kappa shape index (κ1) is 13.6. The number of aromatic nitrogens is 1. The van der Waals surface area contributed by atoms with E-state index in [9.17, 15) is 8.42 Å². The first-order valence-corrected chi connectivity index (χ1v) is 7.82. The maximum atomic E-state index is 12.3. The molecule has 0 unspecified atom stereocenters. The smallest absolute Gasteiger partial charge is 0.339 e. The lowest BCUT2D eigenvalue weighted by Gasteiger charge is -2.09. The summed E-state index contributed by atoms with van der Waals surface area (Å²) >= 11 is 0. The summed E-state index contributed by atoms with van der Waals surface area (Å²) in [7, 11) is -3.85. The fourth-order valence-electron chi connectivity index (χ4n) is 2.02. The lowest BCUT2D eigenvalue weighted by Crippen LogP contribution is -2.10. The third-order valence-corrected chi connectivity index (χ3v) is 4.36.